The smallest absolute Gasteiger partial charge is 0.300 e. The van der Waals surface area contributed by atoms with Crippen LogP contribution in [0.4, 0.5) is 0 Å². The Morgan fingerprint density at radius 3 is 1.08 bits per heavy atom. The Balaban J connectivity index is -0.000000304. The molecule has 0 spiro atoms. The number of carbonyl (C=O) groups is 3. The molecule has 0 aromatic rings. The third-order valence-corrected chi connectivity index (χ3v) is 1.80. The second-order valence-electron chi connectivity index (χ2n) is 4.42. The average molecular weight is 353 g/mol. The second-order valence-corrected chi connectivity index (χ2v) is 4.42. The van der Waals surface area contributed by atoms with Crippen LogP contribution in [0.15, 0.2) is 0 Å². The van der Waals surface area contributed by atoms with Gasteiger partial charge in [-0.1, -0.05) is 0 Å². The molecule has 1 rings (SSSR count). The predicted molar refractivity (Wildman–Crippen MR) is 89.4 cm³/mol. The Kier molecular flexibility index (Phi) is 26.6. The van der Waals surface area contributed by atoms with Crippen LogP contribution in [-0.4, -0.2) is 85.7 Å². The molecule has 1 aliphatic heterocycles. The van der Waals surface area contributed by atoms with Crippen LogP contribution in [0.25, 0.3) is 0 Å². The lowest BCUT2D eigenvalue weighted by Gasteiger charge is -2.10. The van der Waals surface area contributed by atoms with Crippen molar-refractivity contribution in [3.8, 4) is 0 Å². The molecule has 0 bridgehead atoms. The number of hydrogen-bond acceptors (Lipinski definition) is 7. The fraction of sp³-hybridized carbons (Fsp3) is 0.786. The molecule has 0 amide bonds. The van der Waals surface area contributed by atoms with Gasteiger partial charge in [0.05, 0.1) is 13.2 Å². The highest BCUT2D eigenvalue weighted by Crippen LogP contribution is 1.73. The highest BCUT2D eigenvalue weighted by Gasteiger charge is 1.92. The topological polar surface area (TPSA) is 157 Å². The molecule has 10 nitrogen and oxygen atoms in total. The first-order chi connectivity index (χ1) is 11.2. The van der Waals surface area contributed by atoms with Crippen molar-refractivity contribution < 1.29 is 34.4 Å². The van der Waals surface area contributed by atoms with Crippen molar-refractivity contribution in [2.45, 2.75) is 20.8 Å². The summed E-state index contributed by atoms with van der Waals surface area (Å²) in [5.41, 5.74) is 0. The van der Waals surface area contributed by atoms with Crippen LogP contribution in [0.3, 0.4) is 0 Å². The Bertz CT molecular complexity index is 231. The monoisotopic (exact) mass is 353 g/mol. The van der Waals surface area contributed by atoms with E-state index in [4.69, 9.17) is 34.4 Å². The Morgan fingerprint density at radius 2 is 0.833 bits per heavy atom. The van der Waals surface area contributed by atoms with Crippen molar-refractivity contribution in [3.63, 3.8) is 0 Å². The minimum atomic E-state index is -0.833. The molecular weight excluding hydrogens is 322 g/mol. The van der Waals surface area contributed by atoms with Crippen LogP contribution in [0, 0.1) is 0 Å². The van der Waals surface area contributed by atoms with Gasteiger partial charge >= 0.3 is 0 Å². The number of ether oxygens (including phenoxy) is 1. The van der Waals surface area contributed by atoms with Gasteiger partial charge in [-0.15, -0.1) is 0 Å². The van der Waals surface area contributed by atoms with Crippen molar-refractivity contribution in [2.75, 3.05) is 52.5 Å². The predicted octanol–water partition coefficient (Wildman–Crippen LogP) is -0.942. The first-order valence-corrected chi connectivity index (χ1v) is 7.48. The van der Waals surface area contributed by atoms with Gasteiger partial charge in [0.25, 0.3) is 17.9 Å². The molecule has 144 valence electrons. The fourth-order valence-corrected chi connectivity index (χ4v) is 1.12. The number of aliphatic carboxylic acids is 3. The summed E-state index contributed by atoms with van der Waals surface area (Å²) >= 11 is 0. The van der Waals surface area contributed by atoms with E-state index >= 15 is 0 Å². The Morgan fingerprint density at radius 1 is 0.625 bits per heavy atom. The average Bonchev–Trinajstić information content (AvgIpc) is 2.37. The molecule has 0 unspecified atom stereocenters. The van der Waals surface area contributed by atoms with Gasteiger partial charge in [0, 0.05) is 60.0 Å². The molecule has 0 aromatic heterocycles. The number of rotatable bonds is 0. The zero-order chi connectivity index (χ0) is 19.2. The van der Waals surface area contributed by atoms with Crippen molar-refractivity contribution in [1.82, 2.24) is 16.0 Å². The number of carboxylic acids is 3. The summed E-state index contributed by atoms with van der Waals surface area (Å²) in [6.07, 6.45) is 0. The number of carboxylic acid groups (broad SMARTS) is 3. The molecule has 0 aliphatic carbocycles. The first-order valence-electron chi connectivity index (χ1n) is 7.48. The summed E-state index contributed by atoms with van der Waals surface area (Å²) in [5.74, 6) is -2.50. The standard InChI is InChI=1S/C8H19N3O.3C2H4O2/c1-3-10-5-7-12-8-6-11-4-2-9-1;3*1-2(3)4/h9-11H,1-8H2;3*1H3,(H,3,4). The molecule has 10 heteroatoms. The second kappa shape index (κ2) is 23.5. The summed E-state index contributed by atoms with van der Waals surface area (Å²) in [7, 11) is 0. The van der Waals surface area contributed by atoms with Gasteiger partial charge in [-0.05, 0) is 0 Å². The SMILES string of the molecule is C1CNCCOCCNCCN1.CC(=O)O.CC(=O)O.CC(=O)O. The highest BCUT2D eigenvalue weighted by atomic mass is 16.5. The fourth-order valence-electron chi connectivity index (χ4n) is 1.12. The zero-order valence-electron chi connectivity index (χ0n) is 14.6. The highest BCUT2D eigenvalue weighted by molar-refractivity contribution is 5.63. The Labute approximate surface area is 142 Å². The van der Waals surface area contributed by atoms with E-state index in [1.165, 1.54) is 0 Å². The van der Waals surface area contributed by atoms with E-state index in [0.29, 0.717) is 0 Å². The molecule has 0 radical (unpaired) electrons. The van der Waals surface area contributed by atoms with Gasteiger partial charge in [-0.2, -0.15) is 0 Å². The molecular formula is C14H31N3O7. The van der Waals surface area contributed by atoms with Crippen LogP contribution in [0.2, 0.25) is 0 Å². The summed E-state index contributed by atoms with van der Waals surface area (Å²) in [5, 5.41) is 32.2. The van der Waals surface area contributed by atoms with Gasteiger partial charge < -0.3 is 36.0 Å². The summed E-state index contributed by atoms with van der Waals surface area (Å²) < 4.78 is 5.36. The van der Waals surface area contributed by atoms with Gasteiger partial charge in [-0.25, -0.2) is 0 Å². The van der Waals surface area contributed by atoms with Crippen molar-refractivity contribution in [2.24, 2.45) is 0 Å². The maximum Gasteiger partial charge on any atom is 0.300 e. The molecule has 1 fully saturated rings. The summed E-state index contributed by atoms with van der Waals surface area (Å²) in [4.78, 5) is 27.0. The van der Waals surface area contributed by atoms with E-state index in [1.54, 1.807) is 0 Å². The zero-order valence-corrected chi connectivity index (χ0v) is 14.6. The van der Waals surface area contributed by atoms with E-state index in [9.17, 15) is 0 Å². The molecule has 1 saturated heterocycles. The minimum Gasteiger partial charge on any atom is -0.481 e. The van der Waals surface area contributed by atoms with Crippen LogP contribution >= 0.6 is 0 Å². The van der Waals surface area contributed by atoms with E-state index in [-0.39, 0.29) is 0 Å². The van der Waals surface area contributed by atoms with Crippen LogP contribution < -0.4 is 16.0 Å². The van der Waals surface area contributed by atoms with Crippen LogP contribution in [0.5, 0.6) is 0 Å². The van der Waals surface area contributed by atoms with Gasteiger partial charge in [0.15, 0.2) is 0 Å². The molecule has 0 aromatic carbocycles. The third kappa shape index (κ3) is 71.4. The maximum atomic E-state index is 9.00. The normalized spacial score (nSPS) is 15.1. The molecule has 1 aliphatic rings. The lowest BCUT2D eigenvalue weighted by molar-refractivity contribution is -0.135. The first kappa shape index (κ1) is 27.1. The van der Waals surface area contributed by atoms with Gasteiger partial charge in [0.2, 0.25) is 0 Å². The van der Waals surface area contributed by atoms with E-state index in [2.05, 4.69) is 16.0 Å². The van der Waals surface area contributed by atoms with E-state index < -0.39 is 17.9 Å². The van der Waals surface area contributed by atoms with Crippen molar-refractivity contribution >= 4 is 17.9 Å². The van der Waals surface area contributed by atoms with Crippen LogP contribution in [0.1, 0.15) is 20.8 Å². The quantitative estimate of drug-likeness (QED) is 0.321. The minimum absolute atomic E-state index is 0.821. The van der Waals surface area contributed by atoms with Crippen molar-refractivity contribution in [1.29, 1.82) is 0 Å². The molecule has 0 atom stereocenters. The van der Waals surface area contributed by atoms with E-state index in [1.807, 2.05) is 0 Å². The number of hydrogen-bond donors (Lipinski definition) is 6. The van der Waals surface area contributed by atoms with Gasteiger partial charge in [0.1, 0.15) is 0 Å². The van der Waals surface area contributed by atoms with Crippen LogP contribution in [-0.2, 0) is 19.1 Å². The molecule has 24 heavy (non-hydrogen) atoms. The lowest BCUT2D eigenvalue weighted by atomic mass is 10.5. The number of nitrogens with one attached hydrogen (secondary N) is 3. The third-order valence-electron chi connectivity index (χ3n) is 1.80. The van der Waals surface area contributed by atoms with Gasteiger partial charge in [-0.3, -0.25) is 14.4 Å². The summed E-state index contributed by atoms with van der Waals surface area (Å²) in [6.45, 7) is 11.0. The summed E-state index contributed by atoms with van der Waals surface area (Å²) in [6, 6.07) is 0. The maximum absolute atomic E-state index is 9.00. The lowest BCUT2D eigenvalue weighted by Crippen LogP contribution is -2.36. The molecule has 1 heterocycles. The molecule has 0 saturated carbocycles. The largest absolute Gasteiger partial charge is 0.481 e. The molecule has 6 N–H and O–H groups in total. The van der Waals surface area contributed by atoms with Crippen molar-refractivity contribution in [3.05, 3.63) is 0 Å². The Hall–Kier alpha value is -1.75. The van der Waals surface area contributed by atoms with E-state index in [0.717, 1.165) is 73.3 Å².